The van der Waals surface area contributed by atoms with Crippen molar-refractivity contribution in [2.45, 2.75) is 18.6 Å². The van der Waals surface area contributed by atoms with Crippen molar-refractivity contribution < 1.29 is 9.59 Å². The molecule has 0 spiro atoms. The van der Waals surface area contributed by atoms with Gasteiger partial charge in [-0.2, -0.15) is 5.26 Å². The van der Waals surface area contributed by atoms with E-state index in [-0.39, 0.29) is 11.5 Å². The summed E-state index contributed by atoms with van der Waals surface area (Å²) in [5.41, 5.74) is 2.61. The number of carbonyl (C=O) groups is 2. The molecule has 3 aromatic rings. The van der Waals surface area contributed by atoms with Gasteiger partial charge in [0.15, 0.2) is 0 Å². The van der Waals surface area contributed by atoms with Gasteiger partial charge in [0, 0.05) is 15.7 Å². The molecular formula is C26H19Cl2N3O2S. The Morgan fingerprint density at radius 1 is 1.09 bits per heavy atom. The van der Waals surface area contributed by atoms with E-state index in [0.717, 1.165) is 11.1 Å². The van der Waals surface area contributed by atoms with E-state index >= 15 is 0 Å². The Balaban J connectivity index is 1.76. The summed E-state index contributed by atoms with van der Waals surface area (Å²) in [5.74, 6) is -0.811. The van der Waals surface area contributed by atoms with Crippen LogP contribution >= 0.6 is 35.0 Å². The van der Waals surface area contributed by atoms with Crippen LogP contribution in [-0.4, -0.2) is 17.1 Å². The van der Waals surface area contributed by atoms with Crippen LogP contribution in [0.3, 0.4) is 0 Å². The van der Waals surface area contributed by atoms with E-state index in [0.29, 0.717) is 32.9 Å². The fourth-order valence-corrected chi connectivity index (χ4v) is 5.31. The van der Waals surface area contributed by atoms with E-state index in [1.54, 1.807) is 48.5 Å². The third-order valence-corrected chi connectivity index (χ3v) is 7.17. The van der Waals surface area contributed by atoms with Gasteiger partial charge in [0.1, 0.15) is 16.7 Å². The number of rotatable bonds is 5. The van der Waals surface area contributed by atoms with E-state index in [4.69, 9.17) is 23.2 Å². The van der Waals surface area contributed by atoms with Crippen molar-refractivity contribution in [3.8, 4) is 6.07 Å². The molecule has 3 aromatic carbocycles. The molecule has 1 N–H and O–H groups in total. The number of carbonyl (C=O) groups excluding carboxylic acids is 2. The summed E-state index contributed by atoms with van der Waals surface area (Å²) >= 11 is 13.7. The molecule has 1 fully saturated rings. The number of benzene rings is 3. The second-order valence-electron chi connectivity index (χ2n) is 7.62. The highest BCUT2D eigenvalue weighted by Gasteiger charge is 2.41. The van der Waals surface area contributed by atoms with Gasteiger partial charge in [0.2, 0.25) is 5.91 Å². The second kappa shape index (κ2) is 10.4. The van der Waals surface area contributed by atoms with Crippen molar-refractivity contribution in [2.75, 3.05) is 10.2 Å². The van der Waals surface area contributed by atoms with Crippen LogP contribution in [0.2, 0.25) is 10.0 Å². The molecule has 0 aromatic heterocycles. The van der Waals surface area contributed by atoms with Gasteiger partial charge in [-0.15, -0.1) is 0 Å². The van der Waals surface area contributed by atoms with Crippen molar-refractivity contribution in [1.82, 2.24) is 0 Å². The minimum Gasteiger partial charge on any atom is -0.321 e. The molecule has 170 valence electrons. The highest BCUT2D eigenvalue weighted by atomic mass is 35.5. The van der Waals surface area contributed by atoms with Crippen molar-refractivity contribution >= 4 is 58.2 Å². The van der Waals surface area contributed by atoms with Crippen LogP contribution in [-0.2, 0) is 16.0 Å². The molecular weight excluding hydrogens is 489 g/mol. The van der Waals surface area contributed by atoms with Gasteiger partial charge in [-0.25, -0.2) is 0 Å². The lowest BCUT2D eigenvalue weighted by Crippen LogP contribution is -2.31. The zero-order valence-corrected chi connectivity index (χ0v) is 20.4. The maximum Gasteiger partial charge on any atom is 0.269 e. The topological polar surface area (TPSA) is 73.2 Å². The van der Waals surface area contributed by atoms with Crippen molar-refractivity contribution in [2.24, 2.45) is 0 Å². The fraction of sp³-hybridized carbons (Fsp3) is 0.115. The molecule has 1 saturated heterocycles. The lowest BCUT2D eigenvalue weighted by Gasteiger charge is -2.20. The van der Waals surface area contributed by atoms with E-state index in [1.807, 2.05) is 37.3 Å². The molecule has 1 aliphatic rings. The van der Waals surface area contributed by atoms with E-state index in [9.17, 15) is 14.9 Å². The Morgan fingerprint density at radius 2 is 1.79 bits per heavy atom. The Morgan fingerprint density at radius 3 is 2.50 bits per heavy atom. The third kappa shape index (κ3) is 4.97. The average molecular weight is 508 g/mol. The fourth-order valence-electron chi connectivity index (χ4n) is 3.63. The first-order valence-electron chi connectivity index (χ1n) is 10.4. The van der Waals surface area contributed by atoms with Gasteiger partial charge >= 0.3 is 0 Å². The van der Waals surface area contributed by atoms with Crippen LogP contribution in [0.5, 0.6) is 0 Å². The lowest BCUT2D eigenvalue weighted by atomic mass is 10.1. The largest absolute Gasteiger partial charge is 0.321 e. The number of hydrogen-bond acceptors (Lipinski definition) is 4. The number of hydrogen-bond donors (Lipinski definition) is 1. The maximum atomic E-state index is 13.6. The number of halogens is 2. The molecule has 1 unspecified atom stereocenters. The van der Waals surface area contributed by atoms with Gasteiger partial charge in [-0.05, 0) is 60.9 Å². The van der Waals surface area contributed by atoms with E-state index in [1.165, 1.54) is 16.7 Å². The van der Waals surface area contributed by atoms with E-state index < -0.39 is 11.2 Å². The molecule has 8 heteroatoms. The van der Waals surface area contributed by atoms with Crippen molar-refractivity contribution in [1.29, 1.82) is 5.26 Å². The molecule has 2 amide bonds. The highest BCUT2D eigenvalue weighted by molar-refractivity contribution is 8.05. The summed E-state index contributed by atoms with van der Waals surface area (Å²) in [4.78, 5) is 28.2. The van der Waals surface area contributed by atoms with Crippen LogP contribution in [0.1, 0.15) is 11.1 Å². The lowest BCUT2D eigenvalue weighted by molar-refractivity contribution is -0.117. The molecule has 1 heterocycles. The minimum absolute atomic E-state index is 0.134. The molecule has 0 saturated carbocycles. The number of para-hydroxylation sites is 2. The summed E-state index contributed by atoms with van der Waals surface area (Å²) in [6, 6.07) is 23.3. The zero-order chi connectivity index (χ0) is 24.2. The molecule has 0 radical (unpaired) electrons. The molecule has 4 rings (SSSR count). The van der Waals surface area contributed by atoms with Crippen LogP contribution in [0.25, 0.3) is 0 Å². The quantitative estimate of drug-likeness (QED) is 0.321. The van der Waals surface area contributed by atoms with E-state index in [2.05, 4.69) is 5.32 Å². The summed E-state index contributed by atoms with van der Waals surface area (Å²) in [6.45, 7) is 1.88. The van der Waals surface area contributed by atoms with Crippen molar-refractivity contribution in [3.63, 3.8) is 0 Å². The normalized spacial score (nSPS) is 16.8. The van der Waals surface area contributed by atoms with Crippen LogP contribution in [0.15, 0.2) is 83.4 Å². The SMILES string of the molecule is Cc1ccccc1N1C(=O)C(Cc2cc(Cl)ccc2Cl)SC1=C(C#N)C(=O)Nc1ccccc1. The molecule has 5 nitrogen and oxygen atoms in total. The third-order valence-electron chi connectivity index (χ3n) is 5.31. The molecule has 34 heavy (non-hydrogen) atoms. The molecule has 0 bridgehead atoms. The summed E-state index contributed by atoms with van der Waals surface area (Å²) in [7, 11) is 0. The monoisotopic (exact) mass is 507 g/mol. The summed E-state index contributed by atoms with van der Waals surface area (Å²) in [5, 5.41) is 13.4. The first kappa shape index (κ1) is 23.9. The number of nitrogens with zero attached hydrogens (tertiary/aromatic N) is 2. The number of anilines is 2. The summed E-state index contributed by atoms with van der Waals surface area (Å²) < 4.78 is 0. The Labute approximate surface area is 212 Å². The highest BCUT2D eigenvalue weighted by Crippen LogP contribution is 2.43. The first-order valence-corrected chi connectivity index (χ1v) is 12.0. The minimum atomic E-state index is -0.585. The van der Waals surface area contributed by atoms with Crippen LogP contribution in [0.4, 0.5) is 11.4 Å². The van der Waals surface area contributed by atoms with Crippen LogP contribution < -0.4 is 10.2 Å². The number of aryl methyl sites for hydroxylation is 1. The standard InChI is InChI=1S/C26H19Cl2N3O2S/c1-16-7-5-6-10-22(16)31-25(33)23(14-17-13-18(27)11-12-21(17)28)34-26(31)20(15-29)24(32)30-19-8-3-2-4-9-19/h2-13,23H,14H2,1H3,(H,30,32). The zero-order valence-electron chi connectivity index (χ0n) is 18.1. The maximum absolute atomic E-state index is 13.6. The predicted molar refractivity (Wildman–Crippen MR) is 138 cm³/mol. The Bertz CT molecular complexity index is 1340. The first-order chi connectivity index (χ1) is 16.4. The number of nitrogens with one attached hydrogen (secondary N) is 1. The molecule has 1 atom stereocenters. The van der Waals surface area contributed by atoms with Crippen molar-refractivity contribution in [3.05, 3.63) is 105 Å². The van der Waals surface area contributed by atoms with Gasteiger partial charge in [0.05, 0.1) is 10.9 Å². The van der Waals surface area contributed by atoms with Gasteiger partial charge < -0.3 is 5.32 Å². The Hall–Kier alpha value is -3.24. The number of amides is 2. The van der Waals surface area contributed by atoms with Gasteiger partial charge in [-0.1, -0.05) is 71.4 Å². The van der Waals surface area contributed by atoms with Gasteiger partial charge in [0.25, 0.3) is 5.91 Å². The average Bonchev–Trinajstić information content (AvgIpc) is 3.13. The second-order valence-corrected chi connectivity index (χ2v) is 9.65. The predicted octanol–water partition coefficient (Wildman–Crippen LogP) is 6.37. The smallest absolute Gasteiger partial charge is 0.269 e. The van der Waals surface area contributed by atoms with Crippen LogP contribution in [0, 0.1) is 18.3 Å². The van der Waals surface area contributed by atoms with Gasteiger partial charge in [-0.3, -0.25) is 14.5 Å². The molecule has 0 aliphatic carbocycles. The summed E-state index contributed by atoms with van der Waals surface area (Å²) in [6.07, 6.45) is 0.299. The number of thioether (sulfide) groups is 1. The molecule has 1 aliphatic heterocycles. The Kier molecular flexibility index (Phi) is 7.28. The number of nitriles is 1.